The summed E-state index contributed by atoms with van der Waals surface area (Å²) in [6.07, 6.45) is 0.934. The highest BCUT2D eigenvalue weighted by atomic mass is 16.6. The number of nitrogens with one attached hydrogen (secondary N) is 1. The second-order valence-electron chi connectivity index (χ2n) is 5.20. The highest BCUT2D eigenvalue weighted by Crippen LogP contribution is 2.09. The Morgan fingerprint density at radius 2 is 2.15 bits per heavy atom. The minimum atomic E-state index is -0.533. The van der Waals surface area contributed by atoms with Gasteiger partial charge >= 0.3 is 6.09 Å². The zero-order valence-electron chi connectivity index (χ0n) is 12.3. The fraction of sp³-hybridized carbons (Fsp3) is 0.615. The molecule has 1 aromatic heterocycles. The highest BCUT2D eigenvalue weighted by molar-refractivity contribution is 5.91. The largest absolute Gasteiger partial charge is 0.444 e. The Morgan fingerprint density at radius 1 is 1.45 bits per heavy atom. The van der Waals surface area contributed by atoms with Crippen LogP contribution in [0.15, 0.2) is 16.9 Å². The van der Waals surface area contributed by atoms with Gasteiger partial charge in [-0.3, -0.25) is 4.79 Å². The average Bonchev–Trinajstić information content (AvgIpc) is 2.85. The van der Waals surface area contributed by atoms with Crippen LogP contribution < -0.4 is 5.32 Å². The van der Waals surface area contributed by atoms with Crippen molar-refractivity contribution in [1.29, 1.82) is 0 Å². The first-order valence-electron chi connectivity index (χ1n) is 6.50. The molecule has 0 unspecified atom stereocenters. The van der Waals surface area contributed by atoms with E-state index < -0.39 is 11.7 Å². The van der Waals surface area contributed by atoms with Crippen LogP contribution in [-0.2, 0) is 4.74 Å². The number of carbonyl (C=O) groups excluding carboxylic acids is 2. The third kappa shape index (κ3) is 5.29. The molecule has 0 aliphatic carbocycles. The summed E-state index contributed by atoms with van der Waals surface area (Å²) in [6, 6.07) is 1.47. The van der Waals surface area contributed by atoms with E-state index in [0.717, 1.165) is 0 Å². The summed E-state index contributed by atoms with van der Waals surface area (Å²) in [5.41, 5.74) is -0.320. The van der Waals surface area contributed by atoms with Crippen molar-refractivity contribution in [3.8, 4) is 0 Å². The fourth-order valence-corrected chi connectivity index (χ4v) is 1.43. The van der Waals surface area contributed by atoms with Crippen molar-refractivity contribution in [2.75, 3.05) is 19.6 Å². The van der Waals surface area contributed by atoms with Gasteiger partial charge < -0.3 is 19.5 Å². The van der Waals surface area contributed by atoms with E-state index in [4.69, 9.17) is 4.74 Å². The Hall–Kier alpha value is -2.05. The van der Waals surface area contributed by atoms with Crippen LogP contribution >= 0.6 is 0 Å². The number of hydrogen-bond donors (Lipinski definition) is 1. The number of likely N-dealkylation sites (N-methyl/N-ethyl adjacent to an activating group) is 1. The molecule has 112 valence electrons. The molecule has 0 aromatic carbocycles. The summed E-state index contributed by atoms with van der Waals surface area (Å²) in [5.74, 6) is -0.334. The second kappa shape index (κ2) is 6.93. The van der Waals surface area contributed by atoms with Gasteiger partial charge in [-0.15, -0.1) is 0 Å². The predicted octanol–water partition coefficient (Wildman–Crippen LogP) is 1.66. The SMILES string of the molecule is CCN(CCNC(=O)c1ccon1)C(=O)OC(C)(C)C. The zero-order chi connectivity index (χ0) is 15.2. The van der Waals surface area contributed by atoms with Gasteiger partial charge in [-0.05, 0) is 27.7 Å². The molecule has 1 heterocycles. The molecular formula is C13H21N3O4. The Kier molecular flexibility index (Phi) is 5.54. The lowest BCUT2D eigenvalue weighted by atomic mass is 10.2. The molecular weight excluding hydrogens is 262 g/mol. The summed E-state index contributed by atoms with van der Waals surface area (Å²) in [4.78, 5) is 25.0. The Labute approximate surface area is 118 Å². The van der Waals surface area contributed by atoms with Crippen molar-refractivity contribution in [1.82, 2.24) is 15.4 Å². The molecule has 0 saturated carbocycles. The third-order valence-corrected chi connectivity index (χ3v) is 2.37. The molecule has 1 rings (SSSR count). The van der Waals surface area contributed by atoms with Gasteiger partial charge in [0.25, 0.3) is 5.91 Å². The maximum Gasteiger partial charge on any atom is 0.410 e. The van der Waals surface area contributed by atoms with Gasteiger partial charge in [0.2, 0.25) is 0 Å². The number of aromatic nitrogens is 1. The van der Waals surface area contributed by atoms with Gasteiger partial charge in [-0.2, -0.15) is 0 Å². The molecule has 0 radical (unpaired) electrons. The summed E-state index contributed by atoms with van der Waals surface area (Å²) >= 11 is 0. The van der Waals surface area contributed by atoms with E-state index in [1.807, 2.05) is 27.7 Å². The quantitative estimate of drug-likeness (QED) is 0.888. The molecule has 0 spiro atoms. The minimum absolute atomic E-state index is 0.213. The molecule has 0 aliphatic rings. The Bertz CT molecular complexity index is 437. The number of ether oxygens (including phenoxy) is 1. The molecule has 0 atom stereocenters. The van der Waals surface area contributed by atoms with E-state index in [9.17, 15) is 9.59 Å². The van der Waals surface area contributed by atoms with Crippen LogP contribution in [0.1, 0.15) is 38.2 Å². The van der Waals surface area contributed by atoms with Crippen LogP contribution in [-0.4, -0.2) is 47.3 Å². The maximum absolute atomic E-state index is 11.9. The van der Waals surface area contributed by atoms with E-state index in [0.29, 0.717) is 19.6 Å². The molecule has 0 fully saturated rings. The zero-order valence-corrected chi connectivity index (χ0v) is 12.3. The van der Waals surface area contributed by atoms with Crippen LogP contribution in [0.4, 0.5) is 4.79 Å². The number of amides is 2. The second-order valence-corrected chi connectivity index (χ2v) is 5.20. The standard InChI is InChI=1S/C13H21N3O4/c1-5-16(12(18)20-13(2,3)4)8-7-14-11(17)10-6-9-19-15-10/h6,9H,5,7-8H2,1-4H3,(H,14,17). The van der Waals surface area contributed by atoms with Crippen LogP contribution in [0.25, 0.3) is 0 Å². The lowest BCUT2D eigenvalue weighted by Gasteiger charge is -2.26. The summed E-state index contributed by atoms with van der Waals surface area (Å²) in [5, 5.41) is 6.18. The fourth-order valence-electron chi connectivity index (χ4n) is 1.43. The number of rotatable bonds is 5. The third-order valence-electron chi connectivity index (χ3n) is 2.37. The lowest BCUT2D eigenvalue weighted by Crippen LogP contribution is -2.41. The van der Waals surface area contributed by atoms with Crippen LogP contribution in [0.2, 0.25) is 0 Å². The minimum Gasteiger partial charge on any atom is -0.444 e. The maximum atomic E-state index is 11.9. The molecule has 7 heteroatoms. The highest BCUT2D eigenvalue weighted by Gasteiger charge is 2.21. The summed E-state index contributed by atoms with van der Waals surface area (Å²) in [7, 11) is 0. The monoisotopic (exact) mass is 283 g/mol. The van der Waals surface area contributed by atoms with E-state index in [1.54, 1.807) is 0 Å². The molecule has 0 aliphatic heterocycles. The smallest absolute Gasteiger partial charge is 0.410 e. The Balaban J connectivity index is 2.38. The van der Waals surface area contributed by atoms with Crippen molar-refractivity contribution in [3.05, 3.63) is 18.0 Å². The normalized spacial score (nSPS) is 11.0. The molecule has 7 nitrogen and oxygen atoms in total. The van der Waals surface area contributed by atoms with E-state index in [2.05, 4.69) is 15.0 Å². The molecule has 1 aromatic rings. The number of carbonyl (C=O) groups is 2. The van der Waals surface area contributed by atoms with Crippen LogP contribution in [0, 0.1) is 0 Å². The predicted molar refractivity (Wildman–Crippen MR) is 72.3 cm³/mol. The van der Waals surface area contributed by atoms with Gasteiger partial charge in [0.1, 0.15) is 11.9 Å². The first-order valence-corrected chi connectivity index (χ1v) is 6.50. The van der Waals surface area contributed by atoms with E-state index in [1.165, 1.54) is 17.2 Å². The van der Waals surface area contributed by atoms with Crippen LogP contribution in [0.3, 0.4) is 0 Å². The van der Waals surface area contributed by atoms with Crippen molar-refractivity contribution in [2.45, 2.75) is 33.3 Å². The lowest BCUT2D eigenvalue weighted by molar-refractivity contribution is 0.0260. The Morgan fingerprint density at radius 3 is 2.65 bits per heavy atom. The molecule has 0 bridgehead atoms. The first kappa shape index (κ1) is 16.0. The van der Waals surface area contributed by atoms with Crippen molar-refractivity contribution in [2.24, 2.45) is 0 Å². The molecule has 20 heavy (non-hydrogen) atoms. The van der Waals surface area contributed by atoms with E-state index in [-0.39, 0.29) is 11.6 Å². The molecule has 0 saturated heterocycles. The summed E-state index contributed by atoms with van der Waals surface area (Å²) < 4.78 is 9.85. The summed E-state index contributed by atoms with van der Waals surface area (Å²) in [6.45, 7) is 8.48. The van der Waals surface area contributed by atoms with Crippen molar-refractivity contribution >= 4 is 12.0 Å². The van der Waals surface area contributed by atoms with Gasteiger partial charge in [0.15, 0.2) is 5.69 Å². The number of nitrogens with zero attached hydrogens (tertiary/aromatic N) is 2. The number of hydrogen-bond acceptors (Lipinski definition) is 5. The first-order chi connectivity index (χ1) is 9.33. The van der Waals surface area contributed by atoms with Gasteiger partial charge in [0.05, 0.1) is 0 Å². The van der Waals surface area contributed by atoms with Gasteiger partial charge in [0, 0.05) is 25.7 Å². The van der Waals surface area contributed by atoms with E-state index >= 15 is 0 Å². The van der Waals surface area contributed by atoms with Gasteiger partial charge in [-0.1, -0.05) is 5.16 Å². The van der Waals surface area contributed by atoms with Gasteiger partial charge in [-0.25, -0.2) is 4.79 Å². The average molecular weight is 283 g/mol. The molecule has 1 N–H and O–H groups in total. The topological polar surface area (TPSA) is 84.7 Å². The molecule has 2 amide bonds. The van der Waals surface area contributed by atoms with Crippen LogP contribution in [0.5, 0.6) is 0 Å². The van der Waals surface area contributed by atoms with Crippen molar-refractivity contribution in [3.63, 3.8) is 0 Å². The van der Waals surface area contributed by atoms with Crippen molar-refractivity contribution < 1.29 is 18.8 Å².